The molecule has 136 valence electrons. The van der Waals surface area contributed by atoms with Crippen molar-refractivity contribution in [1.29, 1.82) is 0 Å². The molecule has 0 amide bonds. The number of rotatable bonds is 1. The fourth-order valence-corrected chi connectivity index (χ4v) is 7.54. The Bertz CT molecular complexity index is 545. The van der Waals surface area contributed by atoms with E-state index in [2.05, 4.69) is 13.8 Å². The summed E-state index contributed by atoms with van der Waals surface area (Å²) >= 11 is 0. The SMILES string of the molecule is CC(=O)[C@]1(O)CC[C@@]2(C)[C@@H](CC[C@@H]3[C@H]2CC[C@@]2(C)[C@@H]3CC[C@@H]2O)C1. The molecule has 2 N–H and O–H groups in total. The molecule has 3 heteroatoms. The van der Waals surface area contributed by atoms with Crippen molar-refractivity contribution in [3.8, 4) is 0 Å². The Hall–Kier alpha value is -0.410. The molecule has 4 aliphatic rings. The van der Waals surface area contributed by atoms with E-state index in [0.717, 1.165) is 37.5 Å². The van der Waals surface area contributed by atoms with Crippen molar-refractivity contribution in [2.45, 2.75) is 90.3 Å². The quantitative estimate of drug-likeness (QED) is 0.768. The van der Waals surface area contributed by atoms with Crippen LogP contribution in [0.25, 0.3) is 0 Å². The van der Waals surface area contributed by atoms with Gasteiger partial charge in [-0.05, 0) is 99.2 Å². The normalized spacial score (nSPS) is 57.0. The van der Waals surface area contributed by atoms with Crippen molar-refractivity contribution >= 4 is 5.78 Å². The molecule has 8 atom stereocenters. The maximum Gasteiger partial charge on any atom is 0.161 e. The van der Waals surface area contributed by atoms with E-state index in [1.165, 1.54) is 19.3 Å². The van der Waals surface area contributed by atoms with E-state index in [-0.39, 0.29) is 22.7 Å². The number of carbonyl (C=O) groups is 1. The molecule has 4 aliphatic carbocycles. The van der Waals surface area contributed by atoms with Crippen molar-refractivity contribution in [1.82, 2.24) is 0 Å². The molecule has 0 aromatic heterocycles. The van der Waals surface area contributed by atoms with E-state index in [9.17, 15) is 15.0 Å². The van der Waals surface area contributed by atoms with Gasteiger partial charge in [-0.15, -0.1) is 0 Å². The second kappa shape index (κ2) is 5.30. The van der Waals surface area contributed by atoms with Crippen LogP contribution in [0, 0.1) is 34.5 Å². The smallest absolute Gasteiger partial charge is 0.161 e. The topological polar surface area (TPSA) is 57.5 Å². The number of hydrogen-bond donors (Lipinski definition) is 2. The predicted octanol–water partition coefficient (Wildman–Crippen LogP) is 3.71. The highest BCUT2D eigenvalue weighted by molar-refractivity contribution is 5.84. The van der Waals surface area contributed by atoms with Gasteiger partial charge >= 0.3 is 0 Å². The summed E-state index contributed by atoms with van der Waals surface area (Å²) in [6.07, 6.45) is 9.12. The predicted molar refractivity (Wildman–Crippen MR) is 93.4 cm³/mol. The third-order valence-corrected chi connectivity index (χ3v) is 9.33. The van der Waals surface area contributed by atoms with Crippen LogP contribution in [0.3, 0.4) is 0 Å². The van der Waals surface area contributed by atoms with Crippen molar-refractivity contribution in [2.75, 3.05) is 0 Å². The first-order valence-corrected chi connectivity index (χ1v) is 10.1. The van der Waals surface area contributed by atoms with Gasteiger partial charge in [0.15, 0.2) is 5.78 Å². The minimum Gasteiger partial charge on any atom is -0.393 e. The minimum atomic E-state index is -1.07. The first kappa shape index (κ1) is 17.0. The number of ketones is 1. The lowest BCUT2D eigenvalue weighted by atomic mass is 9.44. The summed E-state index contributed by atoms with van der Waals surface area (Å²) in [5.41, 5.74) is -0.650. The van der Waals surface area contributed by atoms with Gasteiger partial charge in [-0.3, -0.25) is 4.79 Å². The minimum absolute atomic E-state index is 0.0400. The van der Waals surface area contributed by atoms with Crippen LogP contribution in [0.2, 0.25) is 0 Å². The molecule has 4 rings (SSSR count). The molecule has 4 saturated carbocycles. The molecule has 3 nitrogen and oxygen atoms in total. The first-order valence-electron chi connectivity index (χ1n) is 10.1. The van der Waals surface area contributed by atoms with Crippen LogP contribution in [-0.2, 0) is 4.79 Å². The molecule has 0 heterocycles. The summed E-state index contributed by atoms with van der Waals surface area (Å²) in [5.74, 6) is 2.58. The monoisotopic (exact) mass is 334 g/mol. The molecule has 4 fully saturated rings. The molecule has 0 aromatic rings. The van der Waals surface area contributed by atoms with Gasteiger partial charge in [0, 0.05) is 0 Å². The van der Waals surface area contributed by atoms with Crippen molar-refractivity contribution < 1.29 is 15.0 Å². The van der Waals surface area contributed by atoms with Crippen LogP contribution < -0.4 is 0 Å². The van der Waals surface area contributed by atoms with Crippen LogP contribution in [-0.4, -0.2) is 27.7 Å². The second-order valence-electron chi connectivity index (χ2n) is 10.1. The Morgan fingerprint density at radius 1 is 0.917 bits per heavy atom. The molecule has 0 aromatic carbocycles. The van der Waals surface area contributed by atoms with Crippen LogP contribution in [0.5, 0.6) is 0 Å². The van der Waals surface area contributed by atoms with Gasteiger partial charge in [-0.2, -0.15) is 0 Å². The van der Waals surface area contributed by atoms with Gasteiger partial charge in [-0.1, -0.05) is 13.8 Å². The number of aliphatic hydroxyl groups excluding tert-OH is 1. The van der Waals surface area contributed by atoms with E-state index in [1.807, 2.05) is 0 Å². The summed E-state index contributed by atoms with van der Waals surface area (Å²) in [7, 11) is 0. The molecule has 0 saturated heterocycles. The molecular formula is C21H34O3. The number of fused-ring (bicyclic) bond motifs is 5. The maximum atomic E-state index is 11.9. The number of aliphatic hydroxyl groups is 2. The molecular weight excluding hydrogens is 300 g/mol. The molecule has 0 spiro atoms. The number of hydrogen-bond acceptors (Lipinski definition) is 3. The Labute approximate surface area is 146 Å². The van der Waals surface area contributed by atoms with E-state index >= 15 is 0 Å². The van der Waals surface area contributed by atoms with Gasteiger partial charge in [0.1, 0.15) is 5.60 Å². The molecule has 24 heavy (non-hydrogen) atoms. The van der Waals surface area contributed by atoms with E-state index in [4.69, 9.17) is 0 Å². The van der Waals surface area contributed by atoms with E-state index in [1.54, 1.807) is 6.92 Å². The highest BCUT2D eigenvalue weighted by Gasteiger charge is 2.61. The largest absolute Gasteiger partial charge is 0.393 e. The molecule has 0 aliphatic heterocycles. The van der Waals surface area contributed by atoms with Crippen LogP contribution in [0.15, 0.2) is 0 Å². The summed E-state index contributed by atoms with van der Waals surface area (Å²) in [5, 5.41) is 21.3. The highest BCUT2D eigenvalue weighted by Crippen LogP contribution is 2.66. The fraction of sp³-hybridized carbons (Fsp3) is 0.952. The third-order valence-electron chi connectivity index (χ3n) is 9.33. The van der Waals surface area contributed by atoms with Gasteiger partial charge < -0.3 is 10.2 Å². The zero-order valence-corrected chi connectivity index (χ0v) is 15.6. The van der Waals surface area contributed by atoms with Crippen LogP contribution in [0.1, 0.15) is 78.6 Å². The van der Waals surface area contributed by atoms with Gasteiger partial charge in [0.25, 0.3) is 0 Å². The number of carbonyl (C=O) groups excluding carboxylic acids is 1. The Morgan fingerprint density at radius 2 is 1.62 bits per heavy atom. The van der Waals surface area contributed by atoms with Crippen LogP contribution in [0.4, 0.5) is 0 Å². The maximum absolute atomic E-state index is 11.9. The molecule has 0 unspecified atom stereocenters. The Balaban J connectivity index is 1.60. The van der Waals surface area contributed by atoms with Crippen molar-refractivity contribution in [3.05, 3.63) is 0 Å². The Kier molecular flexibility index (Phi) is 3.76. The average Bonchev–Trinajstić information content (AvgIpc) is 2.84. The summed E-state index contributed by atoms with van der Waals surface area (Å²) in [6.45, 7) is 6.33. The fourth-order valence-electron chi connectivity index (χ4n) is 7.54. The lowest BCUT2D eigenvalue weighted by Gasteiger charge is -2.61. The van der Waals surface area contributed by atoms with Crippen molar-refractivity contribution in [2.24, 2.45) is 34.5 Å². The lowest BCUT2D eigenvalue weighted by Crippen LogP contribution is -2.57. The second-order valence-corrected chi connectivity index (χ2v) is 10.1. The lowest BCUT2D eigenvalue weighted by molar-refractivity contribution is -0.166. The van der Waals surface area contributed by atoms with Crippen molar-refractivity contribution in [3.63, 3.8) is 0 Å². The molecule has 0 radical (unpaired) electrons. The van der Waals surface area contributed by atoms with Gasteiger partial charge in [0.05, 0.1) is 6.10 Å². The average molecular weight is 335 g/mol. The standard InChI is InChI=1S/C21H34O3/c1-13(22)21(24)11-10-19(2)14(12-21)4-5-15-16-6-7-18(23)20(16,3)9-8-17(15)19/h14-18,23-24H,4-12H2,1-3H3/t14-,15-,16+,17+,18-,19-,20-,21-/m0/s1. The highest BCUT2D eigenvalue weighted by atomic mass is 16.3. The summed E-state index contributed by atoms with van der Waals surface area (Å²) in [6, 6.07) is 0. The van der Waals surface area contributed by atoms with Gasteiger partial charge in [0.2, 0.25) is 0 Å². The zero-order valence-electron chi connectivity index (χ0n) is 15.6. The first-order chi connectivity index (χ1) is 11.2. The van der Waals surface area contributed by atoms with E-state index < -0.39 is 5.60 Å². The summed E-state index contributed by atoms with van der Waals surface area (Å²) < 4.78 is 0. The number of Topliss-reactive ketones (excluding diaryl/α,β-unsaturated/α-hetero) is 1. The van der Waals surface area contributed by atoms with E-state index in [0.29, 0.717) is 24.7 Å². The summed E-state index contributed by atoms with van der Waals surface area (Å²) in [4.78, 5) is 11.9. The molecule has 0 bridgehead atoms. The Morgan fingerprint density at radius 3 is 2.33 bits per heavy atom. The van der Waals surface area contributed by atoms with Gasteiger partial charge in [-0.25, -0.2) is 0 Å². The zero-order chi connectivity index (χ0) is 17.3. The third kappa shape index (κ3) is 2.13. The van der Waals surface area contributed by atoms with Crippen LogP contribution >= 0.6 is 0 Å².